The highest BCUT2D eigenvalue weighted by atomic mass is 35.5. The van der Waals surface area contributed by atoms with E-state index in [4.69, 9.17) is 21.1 Å². The minimum atomic E-state index is -0.0251. The van der Waals surface area contributed by atoms with Crippen LogP contribution in [0.1, 0.15) is 28.7 Å². The Bertz CT molecular complexity index is 937. The molecule has 1 atom stereocenters. The fraction of sp³-hybridized carbons (Fsp3) is 0.429. The lowest BCUT2D eigenvalue weighted by atomic mass is 10.1. The highest BCUT2D eigenvalue weighted by molar-refractivity contribution is 6.30. The van der Waals surface area contributed by atoms with Gasteiger partial charge in [-0.05, 0) is 37.3 Å². The van der Waals surface area contributed by atoms with Crippen molar-refractivity contribution in [2.45, 2.75) is 26.0 Å². The number of aryl methyl sites for hydroxylation is 1. The van der Waals surface area contributed by atoms with E-state index in [0.717, 1.165) is 43.2 Å². The van der Waals surface area contributed by atoms with Gasteiger partial charge in [0.25, 0.3) is 0 Å². The fourth-order valence-corrected chi connectivity index (χ4v) is 3.57. The van der Waals surface area contributed by atoms with Crippen LogP contribution in [0.2, 0.25) is 5.02 Å². The van der Waals surface area contributed by atoms with Crippen molar-refractivity contribution in [1.29, 1.82) is 0 Å². The topological polar surface area (TPSA) is 68.2 Å². The molecule has 154 valence electrons. The summed E-state index contributed by atoms with van der Waals surface area (Å²) in [4.78, 5) is 2.40. The van der Waals surface area contributed by atoms with Crippen molar-refractivity contribution >= 4 is 11.6 Å². The number of benzene rings is 1. The number of rotatable bonds is 7. The van der Waals surface area contributed by atoms with E-state index in [9.17, 15) is 0 Å². The molecule has 0 amide bonds. The molecule has 0 saturated carbocycles. The molecule has 1 fully saturated rings. The molecule has 29 heavy (non-hydrogen) atoms. The van der Waals surface area contributed by atoms with Crippen LogP contribution in [0.3, 0.4) is 0 Å². The minimum absolute atomic E-state index is 0.0251. The lowest BCUT2D eigenvalue weighted by molar-refractivity contribution is -0.0350. The Morgan fingerprint density at radius 2 is 2.14 bits per heavy atom. The van der Waals surface area contributed by atoms with Gasteiger partial charge in [-0.15, -0.1) is 0 Å². The minimum Gasteiger partial charge on any atom is -0.493 e. The van der Waals surface area contributed by atoms with E-state index in [0.29, 0.717) is 18.2 Å². The van der Waals surface area contributed by atoms with Crippen molar-refractivity contribution in [3.05, 3.63) is 64.2 Å². The van der Waals surface area contributed by atoms with Crippen LogP contribution in [0.4, 0.5) is 0 Å². The van der Waals surface area contributed by atoms with Crippen LogP contribution in [-0.2, 0) is 24.8 Å². The summed E-state index contributed by atoms with van der Waals surface area (Å²) in [5, 5.41) is 12.6. The van der Waals surface area contributed by atoms with Gasteiger partial charge in [-0.1, -0.05) is 11.6 Å². The Labute approximate surface area is 175 Å². The highest BCUT2D eigenvalue weighted by Crippen LogP contribution is 2.23. The number of nitrogens with zero attached hydrogens (tertiary/aromatic N) is 4. The lowest BCUT2D eigenvalue weighted by Gasteiger charge is -2.32. The summed E-state index contributed by atoms with van der Waals surface area (Å²) >= 11 is 5.89. The third-order valence-electron chi connectivity index (χ3n) is 5.32. The smallest absolute Gasteiger partial charge is 0.119 e. The number of hydrogen-bond donors (Lipinski definition) is 1. The van der Waals surface area contributed by atoms with E-state index >= 15 is 0 Å². The Morgan fingerprint density at radius 3 is 2.90 bits per heavy atom. The summed E-state index contributed by atoms with van der Waals surface area (Å²) in [7, 11) is 1.98. The number of aromatic nitrogens is 4. The predicted molar refractivity (Wildman–Crippen MR) is 111 cm³/mol. The summed E-state index contributed by atoms with van der Waals surface area (Å²) in [6.07, 6.45) is 2.68. The quantitative estimate of drug-likeness (QED) is 0.641. The highest BCUT2D eigenvalue weighted by Gasteiger charge is 2.25. The van der Waals surface area contributed by atoms with Gasteiger partial charge in [0.15, 0.2) is 0 Å². The Kier molecular flexibility index (Phi) is 6.18. The molecule has 3 heterocycles. The Balaban J connectivity index is 1.30. The average molecular weight is 416 g/mol. The number of hydrogen-bond acceptors (Lipinski definition) is 5. The van der Waals surface area contributed by atoms with Crippen molar-refractivity contribution in [1.82, 2.24) is 24.9 Å². The SMILES string of the molecule is Cc1c(CN2CCOC(c3cc(CCOc4ccc(Cl)cc4)[nH]n3)C2)cnn1C. The molecule has 1 unspecified atom stereocenters. The van der Waals surface area contributed by atoms with Gasteiger partial charge in [0.2, 0.25) is 0 Å². The zero-order chi connectivity index (χ0) is 20.2. The third-order valence-corrected chi connectivity index (χ3v) is 5.57. The maximum Gasteiger partial charge on any atom is 0.119 e. The van der Waals surface area contributed by atoms with Gasteiger partial charge >= 0.3 is 0 Å². The molecular weight excluding hydrogens is 390 g/mol. The van der Waals surface area contributed by atoms with Gasteiger partial charge in [0.05, 0.1) is 25.1 Å². The molecule has 1 aliphatic heterocycles. The average Bonchev–Trinajstić information content (AvgIpc) is 3.32. The second-order valence-corrected chi connectivity index (χ2v) is 7.78. The first-order valence-corrected chi connectivity index (χ1v) is 10.2. The molecule has 0 spiro atoms. The molecule has 2 aromatic heterocycles. The van der Waals surface area contributed by atoms with Crippen LogP contribution < -0.4 is 4.74 Å². The first kappa shape index (κ1) is 19.9. The van der Waals surface area contributed by atoms with Crippen molar-refractivity contribution < 1.29 is 9.47 Å². The third kappa shape index (κ3) is 4.98. The molecule has 4 rings (SSSR count). The molecule has 0 radical (unpaired) electrons. The number of halogens is 1. The van der Waals surface area contributed by atoms with E-state index in [1.54, 1.807) is 0 Å². The molecule has 0 aliphatic carbocycles. The standard InChI is InChI=1S/C21H26ClN5O2/c1-15-16(12-23-26(15)2)13-27-8-10-29-21(14-27)20-11-18(24-25-20)7-9-28-19-5-3-17(22)4-6-19/h3-6,11-12,21H,7-10,13-14H2,1-2H3,(H,24,25). The van der Waals surface area contributed by atoms with Crippen LogP contribution in [0.25, 0.3) is 0 Å². The summed E-state index contributed by atoms with van der Waals surface area (Å²) in [5.41, 5.74) is 4.45. The monoisotopic (exact) mass is 415 g/mol. The predicted octanol–water partition coefficient (Wildman–Crippen LogP) is 3.30. The number of ether oxygens (including phenoxy) is 2. The zero-order valence-corrected chi connectivity index (χ0v) is 17.5. The van der Waals surface area contributed by atoms with Crippen molar-refractivity contribution in [2.24, 2.45) is 7.05 Å². The second kappa shape index (κ2) is 8.98. The van der Waals surface area contributed by atoms with Crippen LogP contribution in [0, 0.1) is 6.92 Å². The largest absolute Gasteiger partial charge is 0.493 e. The molecule has 8 heteroatoms. The Hall–Kier alpha value is -2.35. The number of aromatic amines is 1. The van der Waals surface area contributed by atoms with Gasteiger partial charge in [0.1, 0.15) is 11.9 Å². The molecule has 0 bridgehead atoms. The fourth-order valence-electron chi connectivity index (χ4n) is 3.45. The molecule has 3 aromatic rings. The van der Waals surface area contributed by atoms with E-state index in [1.807, 2.05) is 42.2 Å². The zero-order valence-electron chi connectivity index (χ0n) is 16.8. The molecule has 7 nitrogen and oxygen atoms in total. The van der Waals surface area contributed by atoms with Gasteiger partial charge in [-0.3, -0.25) is 14.7 Å². The number of morpholine rings is 1. The van der Waals surface area contributed by atoms with E-state index in [-0.39, 0.29) is 6.10 Å². The van der Waals surface area contributed by atoms with Crippen molar-refractivity contribution in [3.63, 3.8) is 0 Å². The van der Waals surface area contributed by atoms with E-state index in [2.05, 4.69) is 33.2 Å². The first-order valence-electron chi connectivity index (χ1n) is 9.82. The summed E-state index contributed by atoms with van der Waals surface area (Å²) in [6, 6.07) is 9.47. The summed E-state index contributed by atoms with van der Waals surface area (Å²) in [5.74, 6) is 0.811. The van der Waals surface area contributed by atoms with Crippen molar-refractivity contribution in [2.75, 3.05) is 26.3 Å². The van der Waals surface area contributed by atoms with Crippen LogP contribution in [-0.4, -0.2) is 51.2 Å². The normalized spacial score (nSPS) is 17.6. The second-order valence-electron chi connectivity index (χ2n) is 7.34. The summed E-state index contributed by atoms with van der Waals surface area (Å²) < 4.78 is 13.7. The molecule has 1 aromatic carbocycles. The van der Waals surface area contributed by atoms with E-state index < -0.39 is 0 Å². The molecule has 1 saturated heterocycles. The first-order chi connectivity index (χ1) is 14.1. The van der Waals surface area contributed by atoms with Gasteiger partial charge < -0.3 is 9.47 Å². The lowest BCUT2D eigenvalue weighted by Crippen LogP contribution is -2.38. The van der Waals surface area contributed by atoms with Crippen LogP contribution >= 0.6 is 11.6 Å². The van der Waals surface area contributed by atoms with Gasteiger partial charge in [-0.2, -0.15) is 10.2 Å². The molecule has 1 aliphatic rings. The van der Waals surface area contributed by atoms with Gasteiger partial charge in [-0.25, -0.2) is 0 Å². The number of nitrogens with one attached hydrogen (secondary N) is 1. The molecular formula is C21H26ClN5O2. The maximum atomic E-state index is 5.98. The van der Waals surface area contributed by atoms with Gasteiger partial charge in [0, 0.05) is 55.1 Å². The van der Waals surface area contributed by atoms with E-state index in [1.165, 1.54) is 11.3 Å². The Morgan fingerprint density at radius 1 is 1.31 bits per heavy atom. The van der Waals surface area contributed by atoms with Crippen molar-refractivity contribution in [3.8, 4) is 5.75 Å². The van der Waals surface area contributed by atoms with Crippen LogP contribution in [0.15, 0.2) is 36.5 Å². The molecule has 1 N–H and O–H groups in total. The maximum absolute atomic E-state index is 5.98. The van der Waals surface area contributed by atoms with Crippen LogP contribution in [0.5, 0.6) is 5.75 Å². The summed E-state index contributed by atoms with van der Waals surface area (Å²) in [6.45, 7) is 5.99. The number of H-pyrrole nitrogens is 1.